The number of nitrogens with two attached hydrogens (primary N) is 1. The molecule has 10 heteroatoms. The zero-order valence-electron chi connectivity index (χ0n) is 12.8. The van der Waals surface area contributed by atoms with E-state index in [1.165, 1.54) is 6.20 Å². The van der Waals surface area contributed by atoms with Gasteiger partial charge in [0.2, 0.25) is 0 Å². The molecule has 3 N–H and O–H groups in total. The third-order valence-electron chi connectivity index (χ3n) is 3.02. The van der Waals surface area contributed by atoms with Crippen LogP contribution < -0.4 is 21.9 Å². The molecule has 0 unspecified atom stereocenters. The number of anilines is 1. The van der Waals surface area contributed by atoms with E-state index >= 15 is 0 Å². The lowest BCUT2D eigenvalue weighted by Gasteiger charge is -2.22. The van der Waals surface area contributed by atoms with Gasteiger partial charge in [0, 0.05) is 31.0 Å². The standard InChI is InChI=1S/C13H20Cl2N4O4/c1-2-23-12(21)9(16)7-19-8-10(11(20)17-13(19)22)18(5-3-14)6-4-15/h8-9H,2-7,16H2,1H3,(H,17,20,22)/t9-/m0/s1. The normalized spacial score (nSPS) is 12.0. The van der Waals surface area contributed by atoms with Gasteiger partial charge < -0.3 is 15.4 Å². The number of nitrogens with zero attached hydrogens (tertiary/aromatic N) is 2. The maximum Gasteiger partial charge on any atom is 0.328 e. The lowest BCUT2D eigenvalue weighted by molar-refractivity contribution is -0.145. The maximum atomic E-state index is 12.0. The second-order valence-electron chi connectivity index (χ2n) is 4.65. The summed E-state index contributed by atoms with van der Waals surface area (Å²) in [4.78, 5) is 39.3. The average Bonchev–Trinajstić information content (AvgIpc) is 2.50. The monoisotopic (exact) mass is 366 g/mol. The number of hydrogen-bond acceptors (Lipinski definition) is 6. The van der Waals surface area contributed by atoms with Gasteiger partial charge in [0.25, 0.3) is 5.56 Å². The summed E-state index contributed by atoms with van der Waals surface area (Å²) < 4.78 is 5.96. The highest BCUT2D eigenvalue weighted by Gasteiger charge is 2.18. The molecule has 1 aromatic rings. The Morgan fingerprint density at radius 1 is 1.39 bits per heavy atom. The summed E-state index contributed by atoms with van der Waals surface area (Å²) in [6.07, 6.45) is 1.35. The molecule has 130 valence electrons. The molecule has 0 aliphatic carbocycles. The number of nitrogens with one attached hydrogen (secondary N) is 1. The van der Waals surface area contributed by atoms with E-state index in [0.29, 0.717) is 13.1 Å². The molecule has 0 saturated heterocycles. The number of halogens is 2. The minimum atomic E-state index is -1.01. The van der Waals surface area contributed by atoms with Crippen LogP contribution in [-0.2, 0) is 16.1 Å². The zero-order chi connectivity index (χ0) is 17.4. The number of aromatic nitrogens is 2. The van der Waals surface area contributed by atoms with E-state index in [4.69, 9.17) is 33.7 Å². The van der Waals surface area contributed by atoms with Crippen LogP contribution in [0.15, 0.2) is 15.8 Å². The summed E-state index contributed by atoms with van der Waals surface area (Å²) in [6, 6.07) is -1.01. The Morgan fingerprint density at radius 3 is 2.52 bits per heavy atom. The number of carbonyl (C=O) groups excluding carboxylic acids is 1. The first-order valence-corrected chi connectivity index (χ1v) is 8.14. The second-order valence-corrected chi connectivity index (χ2v) is 5.41. The van der Waals surface area contributed by atoms with Gasteiger partial charge in [-0.05, 0) is 6.92 Å². The van der Waals surface area contributed by atoms with Gasteiger partial charge in [-0.1, -0.05) is 0 Å². The van der Waals surface area contributed by atoms with Crippen LogP contribution in [0.5, 0.6) is 0 Å². The van der Waals surface area contributed by atoms with Crippen molar-refractivity contribution in [2.75, 3.05) is 36.4 Å². The number of carbonyl (C=O) groups is 1. The van der Waals surface area contributed by atoms with Crippen LogP contribution in [0.25, 0.3) is 0 Å². The molecule has 8 nitrogen and oxygen atoms in total. The molecule has 0 amide bonds. The zero-order valence-corrected chi connectivity index (χ0v) is 14.3. The molecule has 1 rings (SSSR count). The minimum absolute atomic E-state index is 0.114. The van der Waals surface area contributed by atoms with Crippen LogP contribution in [0.1, 0.15) is 6.92 Å². The minimum Gasteiger partial charge on any atom is -0.465 e. The van der Waals surface area contributed by atoms with Crippen LogP contribution >= 0.6 is 23.2 Å². The number of hydrogen-bond donors (Lipinski definition) is 2. The average molecular weight is 367 g/mol. The number of esters is 1. The van der Waals surface area contributed by atoms with Crippen molar-refractivity contribution < 1.29 is 9.53 Å². The molecule has 0 radical (unpaired) electrons. The van der Waals surface area contributed by atoms with Crippen LogP contribution in [0.3, 0.4) is 0 Å². The molecular weight excluding hydrogens is 347 g/mol. The van der Waals surface area contributed by atoms with E-state index in [1.54, 1.807) is 11.8 Å². The summed E-state index contributed by atoms with van der Waals surface area (Å²) in [7, 11) is 0. The van der Waals surface area contributed by atoms with E-state index in [0.717, 1.165) is 4.57 Å². The fraction of sp³-hybridized carbons (Fsp3) is 0.615. The Balaban J connectivity index is 3.10. The van der Waals surface area contributed by atoms with Crippen molar-refractivity contribution in [1.29, 1.82) is 0 Å². The van der Waals surface area contributed by atoms with Crippen LogP contribution in [0.2, 0.25) is 0 Å². The highest BCUT2D eigenvalue weighted by molar-refractivity contribution is 6.18. The van der Waals surface area contributed by atoms with Gasteiger partial charge in [-0.3, -0.25) is 19.1 Å². The molecule has 0 aliphatic rings. The summed E-state index contributed by atoms with van der Waals surface area (Å²) >= 11 is 11.4. The smallest absolute Gasteiger partial charge is 0.328 e. The summed E-state index contributed by atoms with van der Waals surface area (Å²) in [5.41, 5.74) is 4.73. The van der Waals surface area contributed by atoms with Crippen molar-refractivity contribution >= 4 is 34.9 Å². The number of aromatic amines is 1. The van der Waals surface area contributed by atoms with Crippen LogP contribution in [-0.4, -0.2) is 53.0 Å². The van der Waals surface area contributed by atoms with E-state index in [2.05, 4.69) is 4.98 Å². The molecule has 0 bridgehead atoms. The molecule has 1 aromatic heterocycles. The Labute approximate surface area is 143 Å². The van der Waals surface area contributed by atoms with Gasteiger partial charge in [0.15, 0.2) is 0 Å². The first-order chi connectivity index (χ1) is 10.9. The lowest BCUT2D eigenvalue weighted by Crippen LogP contribution is -2.43. The number of H-pyrrole nitrogens is 1. The van der Waals surface area contributed by atoms with Crippen molar-refractivity contribution in [2.45, 2.75) is 19.5 Å². The highest BCUT2D eigenvalue weighted by atomic mass is 35.5. The second kappa shape index (κ2) is 9.59. The van der Waals surface area contributed by atoms with Crippen molar-refractivity contribution in [3.8, 4) is 0 Å². The Kier molecular flexibility index (Phi) is 8.15. The first-order valence-electron chi connectivity index (χ1n) is 7.07. The first kappa shape index (κ1) is 19.5. The quantitative estimate of drug-likeness (QED) is 0.459. The van der Waals surface area contributed by atoms with Crippen molar-refractivity contribution in [3.05, 3.63) is 27.0 Å². The van der Waals surface area contributed by atoms with Gasteiger partial charge in [0.1, 0.15) is 11.7 Å². The summed E-state index contributed by atoms with van der Waals surface area (Å²) in [5, 5.41) is 0. The van der Waals surface area contributed by atoms with Gasteiger partial charge in [-0.15, -0.1) is 23.2 Å². The van der Waals surface area contributed by atoms with Crippen LogP contribution in [0, 0.1) is 0 Å². The predicted octanol–water partition coefficient (Wildman–Crippen LogP) is -0.289. The molecule has 0 fully saturated rings. The molecule has 0 aromatic carbocycles. The molecule has 1 heterocycles. The number of ether oxygens (including phenoxy) is 1. The Hall–Kier alpha value is -1.51. The van der Waals surface area contributed by atoms with Gasteiger partial charge in [0.05, 0.1) is 13.2 Å². The highest BCUT2D eigenvalue weighted by Crippen LogP contribution is 2.07. The molecular formula is C13H20Cl2N4O4. The number of rotatable bonds is 9. The van der Waals surface area contributed by atoms with Gasteiger partial charge >= 0.3 is 11.7 Å². The Morgan fingerprint density at radius 2 is 2.00 bits per heavy atom. The fourth-order valence-corrected chi connectivity index (χ4v) is 2.36. The van der Waals surface area contributed by atoms with Crippen molar-refractivity contribution in [3.63, 3.8) is 0 Å². The largest absolute Gasteiger partial charge is 0.465 e. The Bertz CT molecular complexity index is 625. The lowest BCUT2D eigenvalue weighted by atomic mass is 10.3. The maximum absolute atomic E-state index is 12.0. The SMILES string of the molecule is CCOC(=O)[C@@H](N)Cn1cc(N(CCCl)CCCl)c(=O)[nH]c1=O. The van der Waals surface area contributed by atoms with Crippen molar-refractivity contribution in [2.24, 2.45) is 5.73 Å². The van der Waals surface area contributed by atoms with Crippen molar-refractivity contribution in [1.82, 2.24) is 9.55 Å². The van der Waals surface area contributed by atoms with Gasteiger partial charge in [-0.25, -0.2) is 4.79 Å². The number of alkyl halides is 2. The predicted molar refractivity (Wildman–Crippen MR) is 89.6 cm³/mol. The molecule has 0 saturated carbocycles. The molecule has 23 heavy (non-hydrogen) atoms. The van der Waals surface area contributed by atoms with E-state index < -0.39 is 23.3 Å². The fourth-order valence-electron chi connectivity index (χ4n) is 1.95. The van der Waals surface area contributed by atoms with E-state index in [9.17, 15) is 14.4 Å². The summed E-state index contributed by atoms with van der Waals surface area (Å²) in [6.45, 7) is 2.51. The van der Waals surface area contributed by atoms with Gasteiger partial charge in [-0.2, -0.15) is 0 Å². The molecule has 1 atom stereocenters. The summed E-state index contributed by atoms with van der Waals surface area (Å²) in [5.74, 6) is -0.0409. The third kappa shape index (κ3) is 5.56. The van der Waals surface area contributed by atoms with Crippen LogP contribution in [0.4, 0.5) is 5.69 Å². The molecule has 0 aliphatic heterocycles. The molecule has 0 spiro atoms. The van der Waals surface area contributed by atoms with E-state index in [1.807, 2.05) is 0 Å². The van der Waals surface area contributed by atoms with E-state index in [-0.39, 0.29) is 30.6 Å². The third-order valence-corrected chi connectivity index (χ3v) is 3.36. The topological polar surface area (TPSA) is 110 Å².